The molecule has 19 heteroatoms. The van der Waals surface area contributed by atoms with E-state index >= 15 is 0 Å². The van der Waals surface area contributed by atoms with Gasteiger partial charge < -0.3 is 45.4 Å². The first kappa shape index (κ1) is 69.0. The molecule has 0 spiro atoms. The van der Waals surface area contributed by atoms with Crippen molar-refractivity contribution in [3.8, 4) is 23.7 Å². The van der Waals surface area contributed by atoms with Gasteiger partial charge in [0.25, 0.3) is 17.7 Å². The molecule has 400 valence electrons. The van der Waals surface area contributed by atoms with Crippen LogP contribution in [0.15, 0.2) is 109 Å². The van der Waals surface area contributed by atoms with Gasteiger partial charge in [-0.1, -0.05) is 87.1 Å². The van der Waals surface area contributed by atoms with Crippen molar-refractivity contribution in [3.63, 3.8) is 0 Å². The van der Waals surface area contributed by atoms with Crippen LogP contribution in [-0.4, -0.2) is 145 Å². The summed E-state index contributed by atoms with van der Waals surface area (Å²) in [5.41, 5.74) is 8.25. The van der Waals surface area contributed by atoms with Gasteiger partial charge in [0.1, 0.15) is 6.04 Å². The second-order valence-corrected chi connectivity index (χ2v) is 16.0. The fraction of sp³-hybridized carbons (Fsp3) is 0.357. The van der Waals surface area contributed by atoms with E-state index in [1.165, 1.54) is 37.6 Å². The van der Waals surface area contributed by atoms with Gasteiger partial charge in [0.05, 0.1) is 45.7 Å². The van der Waals surface area contributed by atoms with Crippen LogP contribution in [0.3, 0.4) is 0 Å². The second kappa shape index (κ2) is 39.4. The van der Waals surface area contributed by atoms with Gasteiger partial charge in [-0.3, -0.25) is 29.4 Å². The van der Waals surface area contributed by atoms with Crippen molar-refractivity contribution in [1.82, 2.24) is 25.9 Å². The standard InChI is InChI=1S/C27H30N2O5.C26H29N3O5.CH3O.2CH4.H3NO.Na/c1-20(30)25(27(32)33-2)28-26(31)24-13-11-22(12-14-24)6-4-3-5-21-7-9-23(10-8-21)19-29-15-17-34-18-16-29;1-19(30)24(26(32)28-33)27-25(31)23-12-10-21(11-13-23)5-3-2-4-20-6-8-22(9-7-20)18-29-14-16-34-17-15-29;1-2;;;1-2;/h4,6-14,20,25,30H,15-19H2,1-2H3,(H,28,31);3,5-13,19,24,30,33H,14-18H2,1H3,(H,27,31)(H,28,32);1H3;2*1H4;2H,1H2;/q;;-1;;;;+1/b6-4-;5-3-;;;;;/t20-,25+;19-,24+;;;;;/m11...../s1. The Hall–Kier alpha value is -6.04. The van der Waals surface area contributed by atoms with Crippen molar-refractivity contribution in [2.45, 2.75) is 66.1 Å². The SMILES string of the molecule is C.C.COC(=O)[C@@H](NC(=O)c1ccc(/C=C\C#Cc2ccc(CN3CCOCC3)cc2)cc1)[C@@H](C)O.C[C@@H](O)[C@H](NC(=O)c1ccc(/C=C\C#Cc2ccc(CN3CCOCC3)cc2)cc1)C(=O)NO.C[O-].NO.[Na+]. The molecule has 6 rings (SSSR count). The maximum Gasteiger partial charge on any atom is 1.00 e. The van der Waals surface area contributed by atoms with Crippen LogP contribution < -0.4 is 56.7 Å². The Morgan fingerprint density at radius 1 is 0.640 bits per heavy atom. The normalized spacial score (nSPS) is 14.4. The number of ether oxygens (including phenoxy) is 3. The van der Waals surface area contributed by atoms with Crippen molar-refractivity contribution in [2.75, 3.05) is 66.8 Å². The Morgan fingerprint density at radius 3 is 1.31 bits per heavy atom. The summed E-state index contributed by atoms with van der Waals surface area (Å²) in [5, 5.41) is 47.7. The van der Waals surface area contributed by atoms with Crippen LogP contribution in [0.25, 0.3) is 12.2 Å². The molecular weight excluding hydrogens is 972 g/mol. The molecule has 0 saturated carbocycles. The number of methoxy groups -OCH3 is 1. The molecule has 0 radical (unpaired) electrons. The maximum atomic E-state index is 12.4. The fourth-order valence-corrected chi connectivity index (χ4v) is 6.87. The number of carbonyl (C=O) groups is 4. The number of nitrogens with zero attached hydrogens (tertiary/aromatic N) is 2. The topological polar surface area (TPSA) is 269 Å². The number of amides is 3. The predicted octanol–water partition coefficient (Wildman–Crippen LogP) is 0.391. The van der Waals surface area contributed by atoms with Crippen LogP contribution in [0.5, 0.6) is 0 Å². The summed E-state index contributed by atoms with van der Waals surface area (Å²) >= 11 is 0. The summed E-state index contributed by atoms with van der Waals surface area (Å²) in [6, 6.07) is 27.7. The number of aliphatic hydroxyl groups is 2. The first-order valence-corrected chi connectivity index (χ1v) is 22.9. The number of aliphatic hydroxyl groups excluding tert-OH is 2. The molecule has 0 unspecified atom stereocenters. The summed E-state index contributed by atoms with van der Waals surface area (Å²) in [6.45, 7) is 11.6. The molecule has 2 fully saturated rings. The first-order valence-electron chi connectivity index (χ1n) is 22.9. The van der Waals surface area contributed by atoms with Gasteiger partial charge >= 0.3 is 35.5 Å². The number of carbonyl (C=O) groups excluding carboxylic acids is 4. The predicted molar refractivity (Wildman–Crippen MR) is 283 cm³/mol. The summed E-state index contributed by atoms with van der Waals surface area (Å²) in [4.78, 5) is 52.7. The molecule has 75 heavy (non-hydrogen) atoms. The average Bonchev–Trinajstić information content (AvgIpc) is 3.42. The molecular formula is C56H73N6NaO12. The first-order chi connectivity index (χ1) is 34.9. The number of allylic oxidation sites excluding steroid dienone is 2. The Kier molecular flexibility index (Phi) is 36.2. The van der Waals surface area contributed by atoms with E-state index in [2.05, 4.69) is 79.0 Å². The molecule has 2 aliphatic rings. The van der Waals surface area contributed by atoms with Crippen LogP contribution in [0.4, 0.5) is 0 Å². The quantitative estimate of drug-likeness (QED) is 0.0279. The number of morpholine rings is 2. The van der Waals surface area contributed by atoms with Crippen molar-refractivity contribution in [1.29, 1.82) is 0 Å². The number of esters is 1. The van der Waals surface area contributed by atoms with Crippen molar-refractivity contribution >= 4 is 35.8 Å². The summed E-state index contributed by atoms with van der Waals surface area (Å²) in [5.74, 6) is 13.2. The Morgan fingerprint density at radius 2 is 0.987 bits per heavy atom. The molecule has 0 aromatic heterocycles. The minimum atomic E-state index is -1.26. The molecule has 0 aliphatic carbocycles. The monoisotopic (exact) mass is 1040 g/mol. The van der Waals surface area contributed by atoms with Gasteiger partial charge in [-0.25, -0.2) is 16.2 Å². The van der Waals surface area contributed by atoms with Crippen molar-refractivity contribution in [3.05, 3.63) is 154 Å². The fourth-order valence-electron chi connectivity index (χ4n) is 6.87. The van der Waals surface area contributed by atoms with E-state index in [0.29, 0.717) is 11.1 Å². The average molecular weight is 1050 g/mol. The number of hydrogen-bond acceptors (Lipinski definition) is 15. The Balaban J connectivity index is 0.00000132. The minimum Gasteiger partial charge on any atom is -0.857 e. The van der Waals surface area contributed by atoms with E-state index in [4.69, 9.17) is 25.0 Å². The Bertz CT molecular complexity index is 2280. The van der Waals surface area contributed by atoms with Crippen LogP contribution in [-0.2, 0) is 36.9 Å². The molecule has 3 amide bonds. The third-order valence-corrected chi connectivity index (χ3v) is 10.8. The van der Waals surface area contributed by atoms with E-state index in [9.17, 15) is 29.4 Å². The van der Waals surface area contributed by atoms with E-state index in [-0.39, 0.29) is 44.4 Å². The zero-order chi connectivity index (χ0) is 52.7. The second-order valence-electron chi connectivity index (χ2n) is 16.0. The minimum absolute atomic E-state index is 0. The Labute approximate surface area is 464 Å². The smallest absolute Gasteiger partial charge is 0.857 e. The van der Waals surface area contributed by atoms with Crippen LogP contribution in [0.2, 0.25) is 0 Å². The molecule has 4 atom stereocenters. The van der Waals surface area contributed by atoms with Gasteiger partial charge in [0.15, 0.2) is 6.04 Å². The number of hydroxylamine groups is 1. The number of nitrogens with two attached hydrogens (primary N) is 1. The van der Waals surface area contributed by atoms with Gasteiger partial charge in [-0.05, 0) is 109 Å². The number of nitrogens with one attached hydrogen (secondary N) is 3. The van der Waals surface area contributed by atoms with Gasteiger partial charge in [-0.2, -0.15) is 7.11 Å². The van der Waals surface area contributed by atoms with E-state index in [0.717, 1.165) is 95.1 Å². The van der Waals surface area contributed by atoms with E-state index < -0.39 is 48.0 Å². The van der Waals surface area contributed by atoms with Gasteiger partial charge in [0, 0.05) is 61.5 Å². The molecule has 4 aromatic rings. The van der Waals surface area contributed by atoms with Gasteiger partial charge in [-0.15, -0.1) is 0 Å². The summed E-state index contributed by atoms with van der Waals surface area (Å²) < 4.78 is 15.4. The molecule has 2 saturated heterocycles. The van der Waals surface area contributed by atoms with Crippen molar-refractivity contribution in [2.24, 2.45) is 5.90 Å². The summed E-state index contributed by atoms with van der Waals surface area (Å²) in [7, 11) is 1.95. The molecule has 2 aliphatic heterocycles. The largest absolute Gasteiger partial charge is 1.00 e. The van der Waals surface area contributed by atoms with Crippen molar-refractivity contribution < 1.29 is 88.7 Å². The number of rotatable bonds is 14. The van der Waals surface area contributed by atoms with Gasteiger partial charge in [0.2, 0.25) is 0 Å². The molecule has 2 heterocycles. The third-order valence-electron chi connectivity index (χ3n) is 10.8. The van der Waals surface area contributed by atoms with E-state index in [1.807, 2.05) is 36.4 Å². The van der Waals surface area contributed by atoms with Crippen LogP contribution in [0, 0.1) is 23.7 Å². The molecule has 18 nitrogen and oxygen atoms in total. The summed E-state index contributed by atoms with van der Waals surface area (Å²) in [6.07, 6.45) is 4.95. The van der Waals surface area contributed by atoms with E-state index in [1.54, 1.807) is 60.7 Å². The zero-order valence-corrected chi connectivity index (χ0v) is 44.0. The third kappa shape index (κ3) is 25.4. The van der Waals surface area contributed by atoms with Crippen LogP contribution in [0.1, 0.15) is 82.8 Å². The maximum absolute atomic E-state index is 12.4. The number of hydrogen-bond donors (Lipinski definition) is 8. The number of benzene rings is 4. The zero-order valence-electron chi connectivity index (χ0n) is 42.0. The molecule has 9 N–H and O–H groups in total. The van der Waals surface area contributed by atoms with Crippen LogP contribution >= 0.6 is 0 Å². The molecule has 0 bridgehead atoms. The molecule has 4 aromatic carbocycles.